The zero-order valence-electron chi connectivity index (χ0n) is 12.6. The first-order chi connectivity index (χ1) is 11.0. The smallest absolute Gasteiger partial charge is 0.0415 e. The van der Waals surface area contributed by atoms with Crippen LogP contribution < -0.4 is 28.7 Å². The molecule has 3 aromatic rings. The molecule has 0 saturated heterocycles. The van der Waals surface area contributed by atoms with Gasteiger partial charge in [0.1, 0.15) is 0 Å². The van der Waals surface area contributed by atoms with E-state index in [4.69, 9.17) is 28.7 Å². The van der Waals surface area contributed by atoms with Crippen LogP contribution in [0.2, 0.25) is 0 Å². The van der Waals surface area contributed by atoms with Crippen LogP contribution in [-0.4, -0.2) is 0 Å². The van der Waals surface area contributed by atoms with Gasteiger partial charge in [-0.2, -0.15) is 0 Å². The Bertz CT molecular complexity index is 887. The molecule has 116 valence electrons. The minimum atomic E-state index is 0.594. The second-order valence-electron chi connectivity index (χ2n) is 5.50. The quantitative estimate of drug-likeness (QED) is 0.465. The van der Waals surface area contributed by atoms with Crippen molar-refractivity contribution in [2.24, 2.45) is 0 Å². The van der Waals surface area contributed by atoms with Crippen molar-refractivity contribution in [3.63, 3.8) is 0 Å². The van der Waals surface area contributed by atoms with Gasteiger partial charge in [-0.15, -0.1) is 0 Å². The summed E-state index contributed by atoms with van der Waals surface area (Å²) in [7, 11) is 0. The third-order valence-electron chi connectivity index (χ3n) is 3.80. The maximum atomic E-state index is 6.23. The SMILES string of the molecule is Nc1ccc(-c2ccc(-c3ccc(N)cc3N)c(N)c2)c(N)c1. The summed E-state index contributed by atoms with van der Waals surface area (Å²) in [6.45, 7) is 0. The molecule has 0 heterocycles. The van der Waals surface area contributed by atoms with E-state index in [1.165, 1.54) is 0 Å². The van der Waals surface area contributed by atoms with Crippen molar-refractivity contribution >= 4 is 28.4 Å². The molecule has 0 fully saturated rings. The first-order valence-corrected chi connectivity index (χ1v) is 7.16. The normalized spacial score (nSPS) is 10.6. The van der Waals surface area contributed by atoms with Crippen LogP contribution in [0.15, 0.2) is 54.6 Å². The van der Waals surface area contributed by atoms with Crippen molar-refractivity contribution in [3.05, 3.63) is 54.6 Å². The monoisotopic (exact) mass is 305 g/mol. The lowest BCUT2D eigenvalue weighted by molar-refractivity contribution is 1.57. The number of benzene rings is 3. The molecule has 5 nitrogen and oxygen atoms in total. The molecule has 0 saturated carbocycles. The topological polar surface area (TPSA) is 130 Å². The summed E-state index contributed by atoms with van der Waals surface area (Å²) in [4.78, 5) is 0. The second kappa shape index (κ2) is 5.46. The molecule has 0 aliphatic heterocycles. The third kappa shape index (κ3) is 2.72. The van der Waals surface area contributed by atoms with Gasteiger partial charge in [0.05, 0.1) is 0 Å². The van der Waals surface area contributed by atoms with Gasteiger partial charge in [0.25, 0.3) is 0 Å². The Labute approximate surface area is 134 Å². The number of hydrogen-bond donors (Lipinski definition) is 5. The Morgan fingerprint density at radius 2 is 0.870 bits per heavy atom. The van der Waals surface area contributed by atoms with Crippen LogP contribution in [0.5, 0.6) is 0 Å². The van der Waals surface area contributed by atoms with E-state index in [0.717, 1.165) is 22.3 Å². The summed E-state index contributed by atoms with van der Waals surface area (Å²) < 4.78 is 0. The van der Waals surface area contributed by atoms with Crippen molar-refractivity contribution in [3.8, 4) is 22.3 Å². The van der Waals surface area contributed by atoms with Crippen molar-refractivity contribution in [2.45, 2.75) is 0 Å². The number of rotatable bonds is 2. The molecule has 0 atom stereocenters. The molecule has 3 rings (SSSR count). The van der Waals surface area contributed by atoms with E-state index in [9.17, 15) is 0 Å². The number of nitrogens with two attached hydrogens (primary N) is 5. The lowest BCUT2D eigenvalue weighted by Gasteiger charge is -2.13. The van der Waals surface area contributed by atoms with Crippen LogP contribution in [0.4, 0.5) is 28.4 Å². The van der Waals surface area contributed by atoms with Gasteiger partial charge < -0.3 is 28.7 Å². The molecule has 23 heavy (non-hydrogen) atoms. The van der Waals surface area contributed by atoms with Crippen LogP contribution in [0.3, 0.4) is 0 Å². The minimum Gasteiger partial charge on any atom is -0.399 e. The maximum Gasteiger partial charge on any atom is 0.0415 e. The first kappa shape index (κ1) is 14.6. The zero-order valence-corrected chi connectivity index (χ0v) is 12.6. The van der Waals surface area contributed by atoms with Crippen molar-refractivity contribution < 1.29 is 0 Å². The van der Waals surface area contributed by atoms with E-state index in [0.29, 0.717) is 28.4 Å². The largest absolute Gasteiger partial charge is 0.399 e. The van der Waals surface area contributed by atoms with Gasteiger partial charge >= 0.3 is 0 Å². The summed E-state index contributed by atoms with van der Waals surface area (Å²) in [5.74, 6) is 0. The third-order valence-corrected chi connectivity index (χ3v) is 3.80. The molecule has 0 aliphatic rings. The van der Waals surface area contributed by atoms with Gasteiger partial charge in [0.15, 0.2) is 0 Å². The lowest BCUT2D eigenvalue weighted by Crippen LogP contribution is -1.97. The highest BCUT2D eigenvalue weighted by molar-refractivity contribution is 5.89. The van der Waals surface area contributed by atoms with Crippen molar-refractivity contribution in [2.75, 3.05) is 28.7 Å². The summed E-state index contributed by atoms with van der Waals surface area (Å²) in [5.41, 5.74) is 36.4. The Morgan fingerprint density at radius 3 is 1.35 bits per heavy atom. The molecule has 0 aliphatic carbocycles. The summed E-state index contributed by atoms with van der Waals surface area (Å²) >= 11 is 0. The van der Waals surface area contributed by atoms with Gasteiger partial charge in [0, 0.05) is 45.1 Å². The molecule has 0 spiro atoms. The predicted octanol–water partition coefficient (Wildman–Crippen LogP) is 2.93. The summed E-state index contributed by atoms with van der Waals surface area (Å²) in [6.07, 6.45) is 0. The standard InChI is InChI=1S/C18H19N5/c19-11-2-5-13(17(22)8-11)10-1-4-14(16(21)7-10)15-6-3-12(20)9-18(15)23/h1-9H,19-23H2. The molecule has 5 heteroatoms. The highest BCUT2D eigenvalue weighted by atomic mass is 14.6. The highest BCUT2D eigenvalue weighted by Crippen LogP contribution is 2.36. The van der Waals surface area contributed by atoms with Crippen molar-refractivity contribution in [1.29, 1.82) is 0 Å². The minimum absolute atomic E-state index is 0.594. The number of hydrogen-bond acceptors (Lipinski definition) is 5. The molecule has 3 aromatic carbocycles. The van der Waals surface area contributed by atoms with E-state index >= 15 is 0 Å². The van der Waals surface area contributed by atoms with Crippen LogP contribution >= 0.6 is 0 Å². The van der Waals surface area contributed by atoms with E-state index in [1.54, 1.807) is 18.2 Å². The van der Waals surface area contributed by atoms with Crippen LogP contribution in [-0.2, 0) is 0 Å². The van der Waals surface area contributed by atoms with E-state index in [-0.39, 0.29) is 0 Å². The van der Waals surface area contributed by atoms with Gasteiger partial charge in [-0.05, 0) is 35.9 Å². The van der Waals surface area contributed by atoms with E-state index in [1.807, 2.05) is 36.4 Å². The molecule has 0 bridgehead atoms. The Morgan fingerprint density at radius 1 is 0.435 bits per heavy atom. The molecule has 0 amide bonds. The Kier molecular flexibility index (Phi) is 3.46. The van der Waals surface area contributed by atoms with Gasteiger partial charge in [-0.3, -0.25) is 0 Å². The molecule has 0 unspecified atom stereocenters. The fraction of sp³-hybridized carbons (Fsp3) is 0. The van der Waals surface area contributed by atoms with Crippen LogP contribution in [0.1, 0.15) is 0 Å². The van der Waals surface area contributed by atoms with Crippen LogP contribution in [0, 0.1) is 0 Å². The highest BCUT2D eigenvalue weighted by Gasteiger charge is 2.10. The molecular weight excluding hydrogens is 286 g/mol. The second-order valence-corrected chi connectivity index (χ2v) is 5.50. The van der Waals surface area contributed by atoms with Crippen molar-refractivity contribution in [1.82, 2.24) is 0 Å². The first-order valence-electron chi connectivity index (χ1n) is 7.16. The fourth-order valence-electron chi connectivity index (χ4n) is 2.65. The maximum absolute atomic E-state index is 6.23. The fourth-order valence-corrected chi connectivity index (χ4v) is 2.65. The molecular formula is C18H19N5. The van der Waals surface area contributed by atoms with Crippen LogP contribution in [0.25, 0.3) is 22.3 Å². The average Bonchev–Trinajstić information content (AvgIpc) is 2.48. The van der Waals surface area contributed by atoms with Gasteiger partial charge in [-0.25, -0.2) is 0 Å². The molecule has 0 radical (unpaired) electrons. The lowest BCUT2D eigenvalue weighted by atomic mass is 9.96. The van der Waals surface area contributed by atoms with E-state index < -0.39 is 0 Å². The summed E-state index contributed by atoms with van der Waals surface area (Å²) in [6, 6.07) is 16.6. The zero-order chi connectivity index (χ0) is 16.6. The number of nitrogen functional groups attached to an aromatic ring is 5. The Hall–Kier alpha value is -3.34. The predicted molar refractivity (Wildman–Crippen MR) is 99.4 cm³/mol. The molecule has 0 aromatic heterocycles. The number of anilines is 5. The van der Waals surface area contributed by atoms with Gasteiger partial charge in [0.2, 0.25) is 0 Å². The van der Waals surface area contributed by atoms with E-state index in [2.05, 4.69) is 0 Å². The molecule has 10 N–H and O–H groups in total. The average molecular weight is 305 g/mol. The van der Waals surface area contributed by atoms with Gasteiger partial charge in [-0.1, -0.05) is 24.3 Å². The summed E-state index contributed by atoms with van der Waals surface area (Å²) in [5, 5.41) is 0. The Balaban J connectivity index is 2.07.